The molecule has 1 aromatic carbocycles. The van der Waals surface area contributed by atoms with Crippen LogP contribution < -0.4 is 4.90 Å². The number of aryl methyl sites for hydroxylation is 1. The number of benzene rings is 1. The SMILES string of the molecule is CCn1ncc(C(=O)N2c3ccccc3C[C@@H]2C)c1C. The Morgan fingerprint density at radius 2 is 2.15 bits per heavy atom. The lowest BCUT2D eigenvalue weighted by molar-refractivity contribution is 0.0981. The Kier molecular flexibility index (Phi) is 3.08. The first-order valence-corrected chi connectivity index (χ1v) is 7.07. The van der Waals surface area contributed by atoms with Crippen LogP contribution in [0.1, 0.15) is 35.5 Å². The van der Waals surface area contributed by atoms with Crippen LogP contribution in [-0.4, -0.2) is 21.7 Å². The molecule has 20 heavy (non-hydrogen) atoms. The average molecular weight is 269 g/mol. The number of amides is 1. The van der Waals surface area contributed by atoms with Crippen LogP contribution in [0.25, 0.3) is 0 Å². The van der Waals surface area contributed by atoms with Crippen LogP contribution >= 0.6 is 0 Å². The third-order valence-corrected chi connectivity index (χ3v) is 4.06. The molecule has 4 nitrogen and oxygen atoms in total. The first-order chi connectivity index (χ1) is 9.63. The maximum atomic E-state index is 12.8. The monoisotopic (exact) mass is 269 g/mol. The largest absolute Gasteiger partial charge is 0.305 e. The van der Waals surface area contributed by atoms with E-state index in [1.165, 1.54) is 5.56 Å². The molecule has 0 spiro atoms. The number of nitrogens with zero attached hydrogens (tertiary/aromatic N) is 3. The molecule has 0 fully saturated rings. The van der Waals surface area contributed by atoms with Crippen molar-refractivity contribution >= 4 is 11.6 Å². The number of aromatic nitrogens is 2. The normalized spacial score (nSPS) is 17.4. The molecule has 0 unspecified atom stereocenters. The predicted molar refractivity (Wildman–Crippen MR) is 79.1 cm³/mol. The van der Waals surface area contributed by atoms with Gasteiger partial charge in [0.2, 0.25) is 0 Å². The van der Waals surface area contributed by atoms with Gasteiger partial charge in [0.25, 0.3) is 5.91 Å². The molecule has 0 N–H and O–H groups in total. The number of para-hydroxylation sites is 1. The second-order valence-corrected chi connectivity index (χ2v) is 5.32. The average Bonchev–Trinajstić information content (AvgIpc) is 2.97. The van der Waals surface area contributed by atoms with E-state index in [-0.39, 0.29) is 11.9 Å². The Labute approximate surface area is 119 Å². The minimum atomic E-state index is 0.0552. The summed E-state index contributed by atoms with van der Waals surface area (Å²) in [6, 6.07) is 8.33. The van der Waals surface area contributed by atoms with Crippen molar-refractivity contribution < 1.29 is 4.79 Å². The second-order valence-electron chi connectivity index (χ2n) is 5.32. The molecule has 2 aromatic rings. The molecule has 1 amide bonds. The highest BCUT2D eigenvalue weighted by Crippen LogP contribution is 2.33. The van der Waals surface area contributed by atoms with Gasteiger partial charge in [-0.2, -0.15) is 5.10 Å². The van der Waals surface area contributed by atoms with Gasteiger partial charge in [0, 0.05) is 24.0 Å². The number of anilines is 1. The number of fused-ring (bicyclic) bond motifs is 1. The van der Waals surface area contributed by atoms with Crippen molar-refractivity contribution in [2.24, 2.45) is 0 Å². The van der Waals surface area contributed by atoms with Crippen LogP contribution in [0.4, 0.5) is 5.69 Å². The number of carbonyl (C=O) groups excluding carboxylic acids is 1. The summed E-state index contributed by atoms with van der Waals surface area (Å²) >= 11 is 0. The van der Waals surface area contributed by atoms with E-state index in [0.29, 0.717) is 5.56 Å². The fourth-order valence-electron chi connectivity index (χ4n) is 2.98. The van der Waals surface area contributed by atoms with Gasteiger partial charge in [-0.15, -0.1) is 0 Å². The molecule has 1 aliphatic heterocycles. The van der Waals surface area contributed by atoms with Crippen LogP contribution in [0.3, 0.4) is 0 Å². The lowest BCUT2D eigenvalue weighted by Gasteiger charge is -2.22. The fraction of sp³-hybridized carbons (Fsp3) is 0.375. The summed E-state index contributed by atoms with van der Waals surface area (Å²) in [5, 5.41) is 4.28. The van der Waals surface area contributed by atoms with Gasteiger partial charge >= 0.3 is 0 Å². The Morgan fingerprint density at radius 3 is 2.85 bits per heavy atom. The second kappa shape index (κ2) is 4.78. The molecule has 4 heteroatoms. The van der Waals surface area contributed by atoms with Crippen LogP contribution in [0.15, 0.2) is 30.5 Å². The van der Waals surface area contributed by atoms with Crippen LogP contribution in [0.2, 0.25) is 0 Å². The van der Waals surface area contributed by atoms with E-state index in [2.05, 4.69) is 18.1 Å². The Morgan fingerprint density at radius 1 is 1.40 bits per heavy atom. The first kappa shape index (κ1) is 12.9. The number of hydrogen-bond acceptors (Lipinski definition) is 2. The van der Waals surface area contributed by atoms with Gasteiger partial charge in [-0.05, 0) is 38.8 Å². The minimum Gasteiger partial charge on any atom is -0.305 e. The Bertz CT molecular complexity index is 659. The molecule has 0 saturated carbocycles. The standard InChI is InChI=1S/C16H19N3O/c1-4-18-12(3)14(10-17-18)16(20)19-11(2)9-13-7-5-6-8-15(13)19/h5-8,10-11H,4,9H2,1-3H3/t11-/m0/s1. The molecule has 1 aliphatic rings. The van der Waals surface area contributed by atoms with E-state index in [1.807, 2.05) is 41.6 Å². The van der Waals surface area contributed by atoms with Crippen molar-refractivity contribution in [2.75, 3.05) is 4.90 Å². The molecule has 0 bridgehead atoms. The predicted octanol–water partition coefficient (Wildman–Crippen LogP) is 2.80. The smallest absolute Gasteiger partial charge is 0.262 e. The highest BCUT2D eigenvalue weighted by atomic mass is 16.2. The van der Waals surface area contributed by atoms with E-state index in [9.17, 15) is 4.79 Å². The lowest BCUT2D eigenvalue weighted by Crippen LogP contribution is -2.36. The molecule has 0 saturated heterocycles. The Balaban J connectivity index is 2.00. The van der Waals surface area contributed by atoms with E-state index < -0.39 is 0 Å². The zero-order valence-electron chi connectivity index (χ0n) is 12.1. The van der Waals surface area contributed by atoms with Gasteiger partial charge in [0.15, 0.2) is 0 Å². The summed E-state index contributed by atoms with van der Waals surface area (Å²) in [7, 11) is 0. The summed E-state index contributed by atoms with van der Waals surface area (Å²) in [5.74, 6) is 0.0552. The van der Waals surface area contributed by atoms with Gasteiger partial charge in [-0.25, -0.2) is 0 Å². The highest BCUT2D eigenvalue weighted by molar-refractivity contribution is 6.08. The van der Waals surface area contributed by atoms with Crippen LogP contribution in [0.5, 0.6) is 0 Å². The number of carbonyl (C=O) groups is 1. The van der Waals surface area contributed by atoms with Gasteiger partial charge in [-0.1, -0.05) is 18.2 Å². The van der Waals surface area contributed by atoms with Crippen LogP contribution in [0, 0.1) is 6.92 Å². The van der Waals surface area contributed by atoms with E-state index in [0.717, 1.165) is 24.3 Å². The summed E-state index contributed by atoms with van der Waals surface area (Å²) in [6.45, 7) is 6.86. The summed E-state index contributed by atoms with van der Waals surface area (Å²) < 4.78 is 1.86. The maximum absolute atomic E-state index is 12.8. The molecule has 1 atom stereocenters. The van der Waals surface area contributed by atoms with Crippen molar-refractivity contribution in [3.63, 3.8) is 0 Å². The van der Waals surface area contributed by atoms with Gasteiger partial charge < -0.3 is 4.90 Å². The fourth-order valence-corrected chi connectivity index (χ4v) is 2.98. The lowest BCUT2D eigenvalue weighted by atomic mass is 10.1. The number of hydrogen-bond donors (Lipinski definition) is 0. The molecule has 104 valence electrons. The third-order valence-electron chi connectivity index (χ3n) is 4.06. The van der Waals surface area contributed by atoms with Crippen molar-refractivity contribution in [1.82, 2.24) is 9.78 Å². The van der Waals surface area contributed by atoms with Crippen LogP contribution in [-0.2, 0) is 13.0 Å². The molecule has 1 aromatic heterocycles. The summed E-state index contributed by atoms with van der Waals surface area (Å²) in [6.07, 6.45) is 2.61. The molecule has 0 radical (unpaired) electrons. The zero-order chi connectivity index (χ0) is 14.3. The topological polar surface area (TPSA) is 38.1 Å². The van der Waals surface area contributed by atoms with Gasteiger partial charge in [0.05, 0.1) is 11.8 Å². The number of rotatable bonds is 2. The highest BCUT2D eigenvalue weighted by Gasteiger charge is 2.32. The molecule has 0 aliphatic carbocycles. The van der Waals surface area contributed by atoms with E-state index >= 15 is 0 Å². The summed E-state index contributed by atoms with van der Waals surface area (Å²) in [4.78, 5) is 14.7. The summed E-state index contributed by atoms with van der Waals surface area (Å²) in [5.41, 5.74) is 3.92. The van der Waals surface area contributed by atoms with E-state index in [1.54, 1.807) is 6.20 Å². The third kappa shape index (κ3) is 1.83. The van der Waals surface area contributed by atoms with Crippen molar-refractivity contribution in [3.8, 4) is 0 Å². The molecule has 2 heterocycles. The molecular formula is C16H19N3O. The zero-order valence-corrected chi connectivity index (χ0v) is 12.1. The van der Waals surface area contributed by atoms with E-state index in [4.69, 9.17) is 0 Å². The van der Waals surface area contributed by atoms with Gasteiger partial charge in [-0.3, -0.25) is 9.48 Å². The van der Waals surface area contributed by atoms with Crippen molar-refractivity contribution in [3.05, 3.63) is 47.3 Å². The molecule has 3 rings (SSSR count). The Hall–Kier alpha value is -2.10. The van der Waals surface area contributed by atoms with Crippen molar-refractivity contribution in [1.29, 1.82) is 0 Å². The first-order valence-electron chi connectivity index (χ1n) is 7.07. The van der Waals surface area contributed by atoms with Gasteiger partial charge in [0.1, 0.15) is 0 Å². The van der Waals surface area contributed by atoms with Crippen molar-refractivity contribution in [2.45, 2.75) is 39.8 Å². The minimum absolute atomic E-state index is 0.0552. The quantitative estimate of drug-likeness (QED) is 0.840. The molecular weight excluding hydrogens is 250 g/mol. The maximum Gasteiger partial charge on any atom is 0.262 e.